The Morgan fingerprint density at radius 3 is 2.42 bits per heavy atom. The van der Waals surface area contributed by atoms with Gasteiger partial charge in [-0.1, -0.05) is 62.7 Å². The number of carbonyl (C=O) groups excluding carboxylic acids is 4. The molecule has 0 radical (unpaired) electrons. The first-order valence-corrected chi connectivity index (χ1v) is 13.7. The van der Waals surface area contributed by atoms with E-state index in [4.69, 9.17) is 9.47 Å². The molecular formula is C28H42N6O6. The zero-order valence-electron chi connectivity index (χ0n) is 23.9. The van der Waals surface area contributed by atoms with Crippen molar-refractivity contribution < 1.29 is 28.7 Å². The Bertz CT molecular complexity index is 1070. The van der Waals surface area contributed by atoms with Crippen molar-refractivity contribution in [2.24, 2.45) is 5.92 Å². The summed E-state index contributed by atoms with van der Waals surface area (Å²) in [6.45, 7) is 8.57. The van der Waals surface area contributed by atoms with Crippen LogP contribution < -0.4 is 16.0 Å². The van der Waals surface area contributed by atoms with E-state index in [1.165, 1.54) is 6.92 Å². The minimum Gasteiger partial charge on any atom is -0.461 e. The van der Waals surface area contributed by atoms with Crippen LogP contribution in [-0.4, -0.2) is 70.5 Å². The van der Waals surface area contributed by atoms with Gasteiger partial charge in [-0.25, -0.2) is 4.68 Å². The molecule has 2 aromatic rings. The number of aromatic nitrogens is 3. The number of aryl methyl sites for hydroxylation is 1. The van der Waals surface area contributed by atoms with Crippen molar-refractivity contribution in [1.82, 2.24) is 30.9 Å². The van der Waals surface area contributed by atoms with Gasteiger partial charge in [-0.2, -0.15) is 0 Å². The van der Waals surface area contributed by atoms with E-state index in [2.05, 4.69) is 33.2 Å². The summed E-state index contributed by atoms with van der Waals surface area (Å²) in [6, 6.07) is 7.11. The van der Waals surface area contributed by atoms with Gasteiger partial charge in [0, 0.05) is 19.7 Å². The monoisotopic (exact) mass is 558 g/mol. The number of ether oxygens (including phenoxy) is 2. The smallest absolute Gasteiger partial charge is 0.308 e. The van der Waals surface area contributed by atoms with Crippen LogP contribution in [0.5, 0.6) is 0 Å². The SMILES string of the molecule is CCCc1cn(CCOCCNC(=O)[C@H](CC(=O)OCc2ccccc2)NC(=O)[C@@H](CC(C)C)NC(C)=O)nn1. The summed E-state index contributed by atoms with van der Waals surface area (Å²) < 4.78 is 12.6. The van der Waals surface area contributed by atoms with Gasteiger partial charge >= 0.3 is 5.97 Å². The molecule has 0 saturated heterocycles. The lowest BCUT2D eigenvalue weighted by Crippen LogP contribution is -2.54. The zero-order chi connectivity index (χ0) is 29.3. The summed E-state index contributed by atoms with van der Waals surface area (Å²) in [5.74, 6) is -2.00. The number of rotatable bonds is 18. The van der Waals surface area contributed by atoms with Gasteiger partial charge in [-0.15, -0.1) is 5.10 Å². The second-order valence-electron chi connectivity index (χ2n) is 9.92. The van der Waals surface area contributed by atoms with E-state index in [1.54, 1.807) is 4.68 Å². The molecule has 1 heterocycles. The van der Waals surface area contributed by atoms with E-state index in [0.29, 0.717) is 19.6 Å². The van der Waals surface area contributed by atoms with Crippen molar-refractivity contribution in [2.75, 3.05) is 19.8 Å². The Hall–Kier alpha value is -3.80. The lowest BCUT2D eigenvalue weighted by molar-refractivity contribution is -0.147. The Morgan fingerprint density at radius 2 is 1.75 bits per heavy atom. The first kappa shape index (κ1) is 32.4. The third-order valence-corrected chi connectivity index (χ3v) is 5.75. The second kappa shape index (κ2) is 17.7. The normalized spacial score (nSPS) is 12.4. The highest BCUT2D eigenvalue weighted by atomic mass is 16.5. The number of hydrogen-bond donors (Lipinski definition) is 3. The van der Waals surface area contributed by atoms with Crippen molar-refractivity contribution in [2.45, 2.75) is 78.6 Å². The van der Waals surface area contributed by atoms with Crippen LogP contribution in [0.15, 0.2) is 36.5 Å². The molecular weight excluding hydrogens is 516 g/mol. The van der Waals surface area contributed by atoms with Gasteiger partial charge in [0.15, 0.2) is 0 Å². The highest BCUT2D eigenvalue weighted by molar-refractivity contribution is 5.93. The third kappa shape index (κ3) is 12.8. The van der Waals surface area contributed by atoms with Crippen molar-refractivity contribution in [3.63, 3.8) is 0 Å². The maximum atomic E-state index is 13.0. The molecule has 0 aliphatic rings. The first-order chi connectivity index (χ1) is 19.2. The molecule has 1 aromatic heterocycles. The Labute approximate surface area is 235 Å². The van der Waals surface area contributed by atoms with Crippen molar-refractivity contribution >= 4 is 23.7 Å². The molecule has 0 aliphatic carbocycles. The van der Waals surface area contributed by atoms with E-state index in [1.807, 2.05) is 50.4 Å². The summed E-state index contributed by atoms with van der Waals surface area (Å²) in [6.07, 6.45) is 3.75. The molecule has 2 rings (SSSR count). The van der Waals surface area contributed by atoms with Gasteiger partial charge in [0.25, 0.3) is 0 Å². The summed E-state index contributed by atoms with van der Waals surface area (Å²) >= 11 is 0. The molecule has 0 bridgehead atoms. The fraction of sp³-hybridized carbons (Fsp3) is 0.571. The largest absolute Gasteiger partial charge is 0.461 e. The average Bonchev–Trinajstić information content (AvgIpc) is 3.36. The lowest BCUT2D eigenvalue weighted by Gasteiger charge is -2.23. The van der Waals surface area contributed by atoms with Crippen molar-refractivity contribution in [3.05, 3.63) is 47.8 Å². The highest BCUT2D eigenvalue weighted by Crippen LogP contribution is 2.08. The van der Waals surface area contributed by atoms with E-state index >= 15 is 0 Å². The summed E-state index contributed by atoms with van der Waals surface area (Å²) in [5.41, 5.74) is 1.73. The predicted octanol–water partition coefficient (Wildman–Crippen LogP) is 1.53. The van der Waals surface area contributed by atoms with Crippen molar-refractivity contribution in [1.29, 1.82) is 0 Å². The molecule has 3 N–H and O–H groups in total. The second-order valence-corrected chi connectivity index (χ2v) is 9.92. The highest BCUT2D eigenvalue weighted by Gasteiger charge is 2.29. The summed E-state index contributed by atoms with van der Waals surface area (Å²) in [5, 5.41) is 16.1. The molecule has 2 atom stereocenters. The van der Waals surface area contributed by atoms with Crippen LogP contribution >= 0.6 is 0 Å². The zero-order valence-corrected chi connectivity index (χ0v) is 23.9. The third-order valence-electron chi connectivity index (χ3n) is 5.75. The molecule has 0 saturated carbocycles. The standard InChI is InChI=1S/C28H42N6O6/c1-5-9-23-18-34(33-32-23)13-15-39-14-12-29-27(37)25(17-26(36)40-19-22-10-7-6-8-11-22)31-28(38)24(16-20(2)3)30-21(4)35/h6-8,10-11,18,20,24-25H,5,9,12-17,19H2,1-4H3,(H,29,37)(H,30,35)(H,31,38)/t24-,25+/m1/s1. The van der Waals surface area contributed by atoms with Gasteiger partial charge < -0.3 is 25.4 Å². The Kier molecular flexibility index (Phi) is 14.4. The molecule has 0 unspecified atom stereocenters. The maximum absolute atomic E-state index is 13.0. The fourth-order valence-electron chi connectivity index (χ4n) is 3.84. The van der Waals surface area contributed by atoms with Crippen LogP contribution in [0.3, 0.4) is 0 Å². The van der Waals surface area contributed by atoms with E-state index in [9.17, 15) is 19.2 Å². The Morgan fingerprint density at radius 1 is 1.00 bits per heavy atom. The van der Waals surface area contributed by atoms with Gasteiger partial charge in [0.05, 0.1) is 31.9 Å². The quantitative estimate of drug-likeness (QED) is 0.184. The molecule has 3 amide bonds. The number of hydrogen-bond acceptors (Lipinski definition) is 8. The molecule has 0 spiro atoms. The van der Waals surface area contributed by atoms with Gasteiger partial charge in [0.2, 0.25) is 17.7 Å². The number of nitrogens with zero attached hydrogens (tertiary/aromatic N) is 3. The van der Waals surface area contributed by atoms with E-state index in [0.717, 1.165) is 24.1 Å². The van der Waals surface area contributed by atoms with Crippen LogP contribution in [0, 0.1) is 5.92 Å². The average molecular weight is 559 g/mol. The van der Waals surface area contributed by atoms with Crippen molar-refractivity contribution in [3.8, 4) is 0 Å². The number of amides is 3. The molecule has 220 valence electrons. The maximum Gasteiger partial charge on any atom is 0.308 e. The number of benzene rings is 1. The fourth-order valence-corrected chi connectivity index (χ4v) is 3.84. The molecule has 40 heavy (non-hydrogen) atoms. The van der Waals surface area contributed by atoms with Crippen LogP contribution in [0.1, 0.15) is 58.2 Å². The number of nitrogens with one attached hydrogen (secondary N) is 3. The number of carbonyl (C=O) groups is 4. The van der Waals surface area contributed by atoms with Crippen LogP contribution in [0.4, 0.5) is 0 Å². The van der Waals surface area contributed by atoms with Crippen LogP contribution in [0.2, 0.25) is 0 Å². The molecule has 1 aromatic carbocycles. The summed E-state index contributed by atoms with van der Waals surface area (Å²) in [7, 11) is 0. The number of esters is 1. The van der Waals surface area contributed by atoms with Gasteiger partial charge in [0.1, 0.15) is 18.7 Å². The topological polar surface area (TPSA) is 154 Å². The summed E-state index contributed by atoms with van der Waals surface area (Å²) in [4.78, 5) is 50.2. The molecule has 12 heteroatoms. The Balaban J connectivity index is 1.90. The molecule has 12 nitrogen and oxygen atoms in total. The lowest BCUT2D eigenvalue weighted by atomic mass is 10.0. The van der Waals surface area contributed by atoms with E-state index < -0.39 is 29.9 Å². The van der Waals surface area contributed by atoms with E-state index in [-0.39, 0.29) is 38.0 Å². The minimum atomic E-state index is -1.19. The molecule has 0 fully saturated rings. The minimum absolute atomic E-state index is 0.0450. The first-order valence-electron chi connectivity index (χ1n) is 13.7. The van der Waals surface area contributed by atoms with Crippen LogP contribution in [0.25, 0.3) is 0 Å². The molecule has 0 aliphatic heterocycles. The van der Waals surface area contributed by atoms with Gasteiger partial charge in [-0.05, 0) is 24.3 Å². The van der Waals surface area contributed by atoms with Gasteiger partial charge in [-0.3, -0.25) is 19.2 Å². The van der Waals surface area contributed by atoms with Crippen LogP contribution in [-0.2, 0) is 48.2 Å². The predicted molar refractivity (Wildman–Crippen MR) is 148 cm³/mol.